The summed E-state index contributed by atoms with van der Waals surface area (Å²) in [5, 5.41) is 2.25. The number of halogens is 4. The lowest BCUT2D eigenvalue weighted by Gasteiger charge is -2.12. The van der Waals surface area contributed by atoms with Crippen LogP contribution in [-0.2, 0) is 9.53 Å². The number of hydrogen-bond acceptors (Lipinski definition) is 4. The van der Waals surface area contributed by atoms with Crippen LogP contribution < -0.4 is 0 Å². The molecule has 0 amide bonds. The van der Waals surface area contributed by atoms with Crippen molar-refractivity contribution in [2.24, 2.45) is 5.18 Å². The van der Waals surface area contributed by atoms with E-state index in [1.54, 1.807) is 0 Å². The molecule has 0 saturated carbocycles. The number of nitroso groups, excluding NO2 is 1. The fraction of sp³-hybridized carbons (Fsp3) is 0.182. The van der Waals surface area contributed by atoms with E-state index in [-0.39, 0.29) is 5.56 Å². The molecule has 1 aromatic rings. The van der Waals surface area contributed by atoms with Gasteiger partial charge in [0, 0.05) is 5.18 Å². The molecular formula is C11H5F4NO3. The number of benzene rings is 1. The van der Waals surface area contributed by atoms with Crippen LogP contribution in [0.25, 0.3) is 5.57 Å². The highest BCUT2D eigenvalue weighted by Crippen LogP contribution is 2.38. The summed E-state index contributed by atoms with van der Waals surface area (Å²) in [6.07, 6.45) is -7.75. The van der Waals surface area contributed by atoms with E-state index in [0.29, 0.717) is 0 Å². The Morgan fingerprint density at radius 2 is 1.95 bits per heavy atom. The van der Waals surface area contributed by atoms with Crippen LogP contribution >= 0.6 is 0 Å². The third-order valence-electron chi connectivity index (χ3n) is 2.42. The van der Waals surface area contributed by atoms with Crippen molar-refractivity contribution in [3.05, 3.63) is 46.4 Å². The number of ether oxygens (including phenoxy) is 1. The second kappa shape index (κ2) is 4.45. The van der Waals surface area contributed by atoms with Gasteiger partial charge in [0.2, 0.25) is 5.78 Å². The average Bonchev–Trinajstić information content (AvgIpc) is 2.66. The largest absolute Gasteiger partial charge is 0.453 e. The summed E-state index contributed by atoms with van der Waals surface area (Å²) >= 11 is 0. The minimum absolute atomic E-state index is 0.189. The third kappa shape index (κ3) is 2.33. The average molecular weight is 275 g/mol. The predicted octanol–water partition coefficient (Wildman–Crippen LogP) is 2.79. The molecule has 0 bridgehead atoms. The minimum Gasteiger partial charge on any atom is -0.453 e. The quantitative estimate of drug-likeness (QED) is 0.616. The molecule has 0 aliphatic carbocycles. The van der Waals surface area contributed by atoms with Gasteiger partial charge < -0.3 is 4.74 Å². The van der Waals surface area contributed by atoms with Crippen LogP contribution in [0.5, 0.6) is 0 Å². The smallest absolute Gasteiger partial charge is 0.433 e. The number of Topliss-reactive ketones (excluding diaryl/α,β-unsaturated/α-hetero) is 1. The fourth-order valence-corrected chi connectivity index (χ4v) is 1.65. The van der Waals surface area contributed by atoms with Crippen molar-refractivity contribution in [2.45, 2.75) is 12.3 Å². The summed E-state index contributed by atoms with van der Waals surface area (Å²) < 4.78 is 54.7. The zero-order valence-electron chi connectivity index (χ0n) is 9.07. The van der Waals surface area contributed by atoms with E-state index in [2.05, 4.69) is 9.91 Å². The van der Waals surface area contributed by atoms with E-state index in [1.807, 2.05) is 0 Å². The number of carbonyl (C=O) groups is 1. The summed E-state index contributed by atoms with van der Waals surface area (Å²) in [5.74, 6) is -3.22. The molecule has 0 N–H and O–H groups in total. The second-order valence-electron chi connectivity index (χ2n) is 3.69. The van der Waals surface area contributed by atoms with Gasteiger partial charge in [0.25, 0.3) is 12.0 Å². The van der Waals surface area contributed by atoms with Crippen LogP contribution in [0.1, 0.15) is 5.56 Å². The van der Waals surface area contributed by atoms with Gasteiger partial charge >= 0.3 is 6.18 Å². The van der Waals surface area contributed by atoms with Gasteiger partial charge in [-0.05, 0) is 17.7 Å². The minimum atomic E-state index is -4.97. The Morgan fingerprint density at radius 3 is 2.47 bits per heavy atom. The number of rotatable bonds is 2. The molecule has 19 heavy (non-hydrogen) atoms. The molecule has 0 aromatic heterocycles. The molecule has 0 spiro atoms. The molecule has 0 saturated heterocycles. The van der Waals surface area contributed by atoms with Crippen molar-refractivity contribution < 1.29 is 27.1 Å². The van der Waals surface area contributed by atoms with E-state index in [4.69, 9.17) is 0 Å². The fourth-order valence-electron chi connectivity index (χ4n) is 1.65. The van der Waals surface area contributed by atoms with Gasteiger partial charge in [-0.1, -0.05) is 12.1 Å². The molecule has 1 atom stereocenters. The highest BCUT2D eigenvalue weighted by Gasteiger charge is 2.53. The van der Waals surface area contributed by atoms with E-state index in [9.17, 15) is 27.3 Å². The van der Waals surface area contributed by atoms with Crippen LogP contribution in [0.15, 0.2) is 35.3 Å². The van der Waals surface area contributed by atoms with Gasteiger partial charge in [0.05, 0.1) is 5.57 Å². The summed E-state index contributed by atoms with van der Waals surface area (Å²) in [4.78, 5) is 22.1. The van der Waals surface area contributed by atoms with E-state index in [0.717, 1.165) is 12.1 Å². The summed E-state index contributed by atoms with van der Waals surface area (Å²) in [7, 11) is 0. The summed E-state index contributed by atoms with van der Waals surface area (Å²) in [6.45, 7) is 0. The zero-order chi connectivity index (χ0) is 14.2. The van der Waals surface area contributed by atoms with Gasteiger partial charge in [0.15, 0.2) is 0 Å². The molecule has 8 heteroatoms. The van der Waals surface area contributed by atoms with Crippen molar-refractivity contribution >= 4 is 11.4 Å². The monoisotopic (exact) mass is 275 g/mol. The van der Waals surface area contributed by atoms with Crippen LogP contribution in [0.3, 0.4) is 0 Å². The Balaban J connectivity index is 2.48. The molecule has 1 aliphatic heterocycles. The Hall–Kier alpha value is -2.25. The first-order valence-corrected chi connectivity index (χ1v) is 4.95. The Morgan fingerprint density at radius 1 is 1.26 bits per heavy atom. The molecule has 100 valence electrons. The van der Waals surface area contributed by atoms with Gasteiger partial charge in [0.1, 0.15) is 5.82 Å². The number of nitrogens with zero attached hydrogens (tertiary/aromatic N) is 1. The van der Waals surface area contributed by atoms with Crippen molar-refractivity contribution in [1.82, 2.24) is 0 Å². The van der Waals surface area contributed by atoms with Crippen LogP contribution in [0.2, 0.25) is 0 Å². The lowest BCUT2D eigenvalue weighted by Crippen LogP contribution is -2.35. The number of carbonyl (C=O) groups excluding carboxylic acids is 1. The third-order valence-corrected chi connectivity index (χ3v) is 2.42. The lowest BCUT2D eigenvalue weighted by atomic mass is 10.0. The first-order valence-electron chi connectivity index (χ1n) is 4.95. The second-order valence-corrected chi connectivity index (χ2v) is 3.69. The molecular weight excluding hydrogens is 270 g/mol. The first kappa shape index (κ1) is 13.2. The number of ketones is 1. The Bertz CT molecular complexity index is 580. The normalized spacial score (nSPS) is 19.6. The topological polar surface area (TPSA) is 55.7 Å². The Kier molecular flexibility index (Phi) is 3.09. The highest BCUT2D eigenvalue weighted by molar-refractivity contribution is 6.25. The summed E-state index contributed by atoms with van der Waals surface area (Å²) in [6, 6.07) is 4.23. The predicted molar refractivity (Wildman–Crippen MR) is 55.1 cm³/mol. The molecule has 1 aromatic carbocycles. The van der Waals surface area contributed by atoms with E-state index >= 15 is 0 Å². The van der Waals surface area contributed by atoms with Crippen molar-refractivity contribution in [1.29, 1.82) is 0 Å². The molecule has 4 nitrogen and oxygen atoms in total. The summed E-state index contributed by atoms with van der Waals surface area (Å²) in [5.41, 5.74) is -0.858. The first-order chi connectivity index (χ1) is 8.84. The molecule has 1 heterocycles. The van der Waals surface area contributed by atoms with Crippen LogP contribution in [-0.4, -0.2) is 18.1 Å². The zero-order valence-corrected chi connectivity index (χ0v) is 9.07. The van der Waals surface area contributed by atoms with Crippen LogP contribution in [0.4, 0.5) is 17.6 Å². The maximum absolute atomic E-state index is 13.0. The van der Waals surface area contributed by atoms with Gasteiger partial charge in [-0.3, -0.25) is 4.79 Å². The van der Waals surface area contributed by atoms with Gasteiger partial charge in [-0.2, -0.15) is 13.2 Å². The molecule has 2 rings (SSSR count). The van der Waals surface area contributed by atoms with Gasteiger partial charge in [-0.25, -0.2) is 4.39 Å². The maximum Gasteiger partial charge on any atom is 0.433 e. The maximum atomic E-state index is 13.0. The standard InChI is InChI=1S/C11H5F4NO3/c12-6-3-1-2-5(4-6)7-8(17)9(11(13,14)15)19-10(7)16-18/h1-4,9H. The van der Waals surface area contributed by atoms with Crippen molar-refractivity contribution in [3.63, 3.8) is 0 Å². The molecule has 0 fully saturated rings. The molecule has 1 unspecified atom stereocenters. The number of hydrogen-bond donors (Lipinski definition) is 0. The lowest BCUT2D eigenvalue weighted by molar-refractivity contribution is -0.201. The Labute approximate surface area is 103 Å². The van der Waals surface area contributed by atoms with Crippen molar-refractivity contribution in [3.8, 4) is 0 Å². The van der Waals surface area contributed by atoms with E-state index < -0.39 is 35.3 Å². The van der Waals surface area contributed by atoms with Crippen LogP contribution in [0, 0.1) is 10.7 Å². The van der Waals surface area contributed by atoms with Gasteiger partial charge in [-0.15, -0.1) is 4.91 Å². The van der Waals surface area contributed by atoms with Crippen molar-refractivity contribution in [2.75, 3.05) is 0 Å². The van der Waals surface area contributed by atoms with E-state index in [1.165, 1.54) is 12.1 Å². The number of alkyl halides is 3. The SMILES string of the molecule is O=NC1=C(c2cccc(F)c2)C(=O)C(C(F)(F)F)O1. The highest BCUT2D eigenvalue weighted by atomic mass is 19.4. The molecule has 0 radical (unpaired) electrons. The molecule has 1 aliphatic rings.